The summed E-state index contributed by atoms with van der Waals surface area (Å²) in [6.07, 6.45) is 4.95. The largest absolute Gasteiger partial charge is 0.0617 e. The molecule has 2 rings (SSSR count). The third-order valence-electron chi connectivity index (χ3n) is 3.38. The van der Waals surface area contributed by atoms with E-state index in [-0.39, 0.29) is 0 Å². The van der Waals surface area contributed by atoms with Crippen LogP contribution in [0.5, 0.6) is 0 Å². The van der Waals surface area contributed by atoms with Crippen LogP contribution in [0.4, 0.5) is 0 Å². The maximum atomic E-state index is 2.30. The zero-order valence-electron chi connectivity index (χ0n) is 11.4. The molecule has 0 heteroatoms. The number of hydrogen-bond acceptors (Lipinski definition) is 0. The number of benzene rings is 2. The molecule has 0 spiro atoms. The standard InChI is InChI=1S/C18H22/c1-15-10-12-17(13-11-15)7-3-4-8-18-9-5-6-16(2)14-18/h5-6,9-14H,3-4,7-8H2,1-2H3. The van der Waals surface area contributed by atoms with Gasteiger partial charge in [0.05, 0.1) is 0 Å². The molecule has 0 aliphatic carbocycles. The molecule has 0 saturated carbocycles. The summed E-state index contributed by atoms with van der Waals surface area (Å²) in [6.45, 7) is 4.30. The minimum Gasteiger partial charge on any atom is -0.0617 e. The molecule has 0 saturated heterocycles. The van der Waals surface area contributed by atoms with Crippen LogP contribution >= 0.6 is 0 Å². The molecule has 94 valence electrons. The van der Waals surface area contributed by atoms with Crippen LogP contribution < -0.4 is 0 Å². The van der Waals surface area contributed by atoms with Crippen molar-refractivity contribution in [3.63, 3.8) is 0 Å². The Kier molecular flexibility index (Phi) is 4.58. The summed E-state index contributed by atoms with van der Waals surface area (Å²) in [5.41, 5.74) is 5.65. The highest BCUT2D eigenvalue weighted by Gasteiger charge is 1.96. The van der Waals surface area contributed by atoms with Crippen molar-refractivity contribution in [2.24, 2.45) is 0 Å². The quantitative estimate of drug-likeness (QED) is 0.652. The molecule has 0 radical (unpaired) electrons. The van der Waals surface area contributed by atoms with E-state index in [0.29, 0.717) is 0 Å². The Balaban J connectivity index is 1.74. The second-order valence-electron chi connectivity index (χ2n) is 5.18. The molecule has 0 unspecified atom stereocenters. The Morgan fingerprint density at radius 2 is 1.33 bits per heavy atom. The average Bonchev–Trinajstić information content (AvgIpc) is 2.37. The van der Waals surface area contributed by atoms with E-state index in [1.54, 1.807) is 0 Å². The number of hydrogen-bond donors (Lipinski definition) is 0. The minimum absolute atomic E-state index is 1.20. The van der Waals surface area contributed by atoms with Gasteiger partial charge in [0.15, 0.2) is 0 Å². The second kappa shape index (κ2) is 6.39. The number of unbranched alkanes of at least 4 members (excludes halogenated alkanes) is 1. The molecule has 0 aliphatic rings. The highest BCUT2D eigenvalue weighted by molar-refractivity contribution is 5.23. The number of aryl methyl sites for hydroxylation is 4. The van der Waals surface area contributed by atoms with Gasteiger partial charge in [-0.25, -0.2) is 0 Å². The first-order chi connectivity index (χ1) is 8.74. The van der Waals surface area contributed by atoms with E-state index in [4.69, 9.17) is 0 Å². The van der Waals surface area contributed by atoms with E-state index in [0.717, 1.165) is 0 Å². The fourth-order valence-corrected chi connectivity index (χ4v) is 2.28. The lowest BCUT2D eigenvalue weighted by Crippen LogP contribution is -1.90. The van der Waals surface area contributed by atoms with Gasteiger partial charge >= 0.3 is 0 Å². The van der Waals surface area contributed by atoms with Gasteiger partial charge < -0.3 is 0 Å². The van der Waals surface area contributed by atoms with Crippen LogP contribution in [0, 0.1) is 13.8 Å². The van der Waals surface area contributed by atoms with Crippen molar-refractivity contribution in [1.29, 1.82) is 0 Å². The Labute approximate surface area is 111 Å². The Hall–Kier alpha value is -1.56. The smallest absolute Gasteiger partial charge is 0.0279 e. The van der Waals surface area contributed by atoms with Crippen molar-refractivity contribution in [2.75, 3.05) is 0 Å². The summed E-state index contributed by atoms with van der Waals surface area (Å²) >= 11 is 0. The predicted octanol–water partition coefficient (Wildman–Crippen LogP) is 4.87. The van der Waals surface area contributed by atoms with Crippen LogP contribution in [0.25, 0.3) is 0 Å². The van der Waals surface area contributed by atoms with Crippen molar-refractivity contribution in [2.45, 2.75) is 39.5 Å². The molecule has 0 bridgehead atoms. The summed E-state index contributed by atoms with van der Waals surface area (Å²) in [5.74, 6) is 0. The van der Waals surface area contributed by atoms with E-state index in [1.807, 2.05) is 0 Å². The fraction of sp³-hybridized carbons (Fsp3) is 0.333. The van der Waals surface area contributed by atoms with Crippen molar-refractivity contribution in [3.8, 4) is 0 Å². The summed E-state index contributed by atoms with van der Waals surface area (Å²) < 4.78 is 0. The SMILES string of the molecule is Cc1ccc(CCCCc2cccc(C)c2)cc1. The first kappa shape index (κ1) is 12.9. The lowest BCUT2D eigenvalue weighted by atomic mass is 10.0. The fourth-order valence-electron chi connectivity index (χ4n) is 2.28. The minimum atomic E-state index is 1.20. The summed E-state index contributed by atoms with van der Waals surface area (Å²) in [6, 6.07) is 17.8. The maximum Gasteiger partial charge on any atom is -0.0279 e. The predicted molar refractivity (Wildman–Crippen MR) is 79.0 cm³/mol. The molecule has 18 heavy (non-hydrogen) atoms. The van der Waals surface area contributed by atoms with E-state index in [9.17, 15) is 0 Å². The summed E-state index contributed by atoms with van der Waals surface area (Å²) in [5, 5.41) is 0. The molecule has 0 atom stereocenters. The Bertz CT molecular complexity index is 480. The molecule has 0 heterocycles. The lowest BCUT2D eigenvalue weighted by molar-refractivity contribution is 0.734. The second-order valence-corrected chi connectivity index (χ2v) is 5.18. The van der Waals surface area contributed by atoms with Crippen LogP contribution in [0.1, 0.15) is 35.1 Å². The average molecular weight is 238 g/mol. The molecular weight excluding hydrogens is 216 g/mol. The van der Waals surface area contributed by atoms with Crippen LogP contribution in [0.3, 0.4) is 0 Å². The highest BCUT2D eigenvalue weighted by Crippen LogP contribution is 2.11. The van der Waals surface area contributed by atoms with Crippen LogP contribution in [-0.4, -0.2) is 0 Å². The molecule has 0 N–H and O–H groups in total. The van der Waals surface area contributed by atoms with Gasteiger partial charge in [0.2, 0.25) is 0 Å². The van der Waals surface area contributed by atoms with E-state index >= 15 is 0 Å². The Morgan fingerprint density at radius 3 is 2.00 bits per heavy atom. The van der Waals surface area contributed by atoms with Gasteiger partial charge in [-0.15, -0.1) is 0 Å². The molecule has 2 aromatic carbocycles. The van der Waals surface area contributed by atoms with E-state index in [1.165, 1.54) is 47.9 Å². The van der Waals surface area contributed by atoms with Crippen molar-refractivity contribution in [3.05, 3.63) is 70.8 Å². The van der Waals surface area contributed by atoms with Gasteiger partial charge in [0.25, 0.3) is 0 Å². The highest BCUT2D eigenvalue weighted by atomic mass is 14.0. The van der Waals surface area contributed by atoms with Gasteiger partial charge in [-0.2, -0.15) is 0 Å². The van der Waals surface area contributed by atoms with Crippen molar-refractivity contribution < 1.29 is 0 Å². The lowest BCUT2D eigenvalue weighted by Gasteiger charge is -2.04. The molecular formula is C18H22. The van der Waals surface area contributed by atoms with Crippen molar-refractivity contribution in [1.82, 2.24) is 0 Å². The van der Waals surface area contributed by atoms with E-state index in [2.05, 4.69) is 62.4 Å². The topological polar surface area (TPSA) is 0 Å². The van der Waals surface area contributed by atoms with Crippen molar-refractivity contribution >= 4 is 0 Å². The zero-order valence-corrected chi connectivity index (χ0v) is 11.4. The van der Waals surface area contributed by atoms with Crippen LogP contribution in [-0.2, 0) is 12.8 Å². The molecule has 0 amide bonds. The first-order valence-electron chi connectivity index (χ1n) is 6.85. The molecule has 0 aromatic heterocycles. The van der Waals surface area contributed by atoms with Crippen LogP contribution in [0.2, 0.25) is 0 Å². The third kappa shape index (κ3) is 4.03. The summed E-state index contributed by atoms with van der Waals surface area (Å²) in [7, 11) is 0. The summed E-state index contributed by atoms with van der Waals surface area (Å²) in [4.78, 5) is 0. The monoisotopic (exact) mass is 238 g/mol. The van der Waals surface area contributed by atoms with Gasteiger partial charge in [0, 0.05) is 0 Å². The van der Waals surface area contributed by atoms with Gasteiger partial charge in [-0.1, -0.05) is 59.7 Å². The third-order valence-corrected chi connectivity index (χ3v) is 3.38. The van der Waals surface area contributed by atoms with Gasteiger partial charge in [-0.3, -0.25) is 0 Å². The van der Waals surface area contributed by atoms with Crippen LogP contribution in [0.15, 0.2) is 48.5 Å². The van der Waals surface area contributed by atoms with Gasteiger partial charge in [0.1, 0.15) is 0 Å². The van der Waals surface area contributed by atoms with Gasteiger partial charge in [-0.05, 0) is 50.7 Å². The molecule has 0 nitrogen and oxygen atoms in total. The van der Waals surface area contributed by atoms with E-state index < -0.39 is 0 Å². The zero-order chi connectivity index (χ0) is 12.8. The Morgan fingerprint density at radius 1 is 0.667 bits per heavy atom. The first-order valence-corrected chi connectivity index (χ1v) is 6.85. The molecule has 0 fully saturated rings. The number of rotatable bonds is 5. The molecule has 0 aliphatic heterocycles. The normalized spacial score (nSPS) is 10.6. The maximum absolute atomic E-state index is 2.30. The molecule has 2 aromatic rings.